The van der Waals surface area contributed by atoms with Crippen molar-refractivity contribution in [2.24, 2.45) is 11.8 Å². The van der Waals surface area contributed by atoms with Crippen LogP contribution in [0.4, 0.5) is 0 Å². The van der Waals surface area contributed by atoms with Gasteiger partial charge >= 0.3 is 0 Å². The largest absolute Gasteiger partial charge is 0.348 e. The lowest BCUT2D eigenvalue weighted by atomic mass is 9.93. The molecule has 1 aliphatic carbocycles. The number of rotatable bonds is 3. The molecule has 3 nitrogen and oxygen atoms in total. The summed E-state index contributed by atoms with van der Waals surface area (Å²) in [5.41, 5.74) is 2.42. The highest BCUT2D eigenvalue weighted by molar-refractivity contribution is 5.83. The maximum Gasteiger partial charge on any atom is 0.237 e. The predicted octanol–water partition coefficient (Wildman–Crippen LogP) is 2.56. The Morgan fingerprint density at radius 1 is 1.30 bits per heavy atom. The fraction of sp³-hybridized carbons (Fsp3) is 0.588. The molecule has 3 rings (SSSR count). The zero-order valence-electron chi connectivity index (χ0n) is 12.4. The van der Waals surface area contributed by atoms with Crippen LogP contribution >= 0.6 is 0 Å². The molecule has 0 bridgehead atoms. The lowest BCUT2D eigenvalue weighted by molar-refractivity contribution is -0.124. The zero-order valence-corrected chi connectivity index (χ0v) is 12.4. The van der Waals surface area contributed by atoms with Crippen molar-refractivity contribution in [3.63, 3.8) is 0 Å². The van der Waals surface area contributed by atoms with E-state index in [1.807, 2.05) is 0 Å². The first kappa shape index (κ1) is 13.6. The van der Waals surface area contributed by atoms with Gasteiger partial charge in [-0.2, -0.15) is 0 Å². The van der Waals surface area contributed by atoms with Crippen LogP contribution in [-0.4, -0.2) is 18.5 Å². The number of fused-ring (bicyclic) bond motifs is 1. The second-order valence-electron chi connectivity index (χ2n) is 6.38. The van der Waals surface area contributed by atoms with Gasteiger partial charge in [-0.25, -0.2) is 0 Å². The SMILES string of the molecule is Cc1ccc(C(C)NC(=O)C2NCC3CCCC32)cc1. The van der Waals surface area contributed by atoms with Crippen molar-refractivity contribution in [2.45, 2.75) is 45.2 Å². The van der Waals surface area contributed by atoms with Crippen molar-refractivity contribution in [1.29, 1.82) is 0 Å². The van der Waals surface area contributed by atoms with Crippen molar-refractivity contribution < 1.29 is 4.79 Å². The normalized spacial score (nSPS) is 30.0. The van der Waals surface area contributed by atoms with Crippen LogP contribution in [0.25, 0.3) is 0 Å². The Kier molecular flexibility index (Phi) is 3.79. The van der Waals surface area contributed by atoms with E-state index in [4.69, 9.17) is 0 Å². The van der Waals surface area contributed by atoms with Gasteiger partial charge in [-0.05, 0) is 50.6 Å². The summed E-state index contributed by atoms with van der Waals surface area (Å²) >= 11 is 0. The Labute approximate surface area is 121 Å². The van der Waals surface area contributed by atoms with Gasteiger partial charge in [0, 0.05) is 0 Å². The van der Waals surface area contributed by atoms with Gasteiger partial charge in [0.25, 0.3) is 0 Å². The van der Waals surface area contributed by atoms with E-state index >= 15 is 0 Å². The topological polar surface area (TPSA) is 41.1 Å². The van der Waals surface area contributed by atoms with Crippen LogP contribution in [0.2, 0.25) is 0 Å². The Bertz CT molecular complexity index is 482. The molecule has 1 amide bonds. The minimum Gasteiger partial charge on any atom is -0.348 e. The average Bonchev–Trinajstić information content (AvgIpc) is 3.01. The molecule has 1 aliphatic heterocycles. The van der Waals surface area contributed by atoms with E-state index in [0.29, 0.717) is 5.92 Å². The molecule has 3 heteroatoms. The Morgan fingerprint density at radius 2 is 2.05 bits per heavy atom. The van der Waals surface area contributed by atoms with Gasteiger partial charge in [-0.15, -0.1) is 0 Å². The van der Waals surface area contributed by atoms with Crippen molar-refractivity contribution in [3.05, 3.63) is 35.4 Å². The summed E-state index contributed by atoms with van der Waals surface area (Å²) < 4.78 is 0. The third kappa shape index (κ3) is 2.59. The number of nitrogens with one attached hydrogen (secondary N) is 2. The number of hydrogen-bond donors (Lipinski definition) is 2. The van der Waals surface area contributed by atoms with Crippen LogP contribution in [-0.2, 0) is 4.79 Å². The van der Waals surface area contributed by atoms with Crippen LogP contribution < -0.4 is 10.6 Å². The third-order valence-electron chi connectivity index (χ3n) is 4.96. The second kappa shape index (κ2) is 5.57. The van der Waals surface area contributed by atoms with Gasteiger partial charge in [0.1, 0.15) is 0 Å². The predicted molar refractivity (Wildman–Crippen MR) is 80.4 cm³/mol. The highest BCUT2D eigenvalue weighted by atomic mass is 16.2. The van der Waals surface area contributed by atoms with Crippen molar-refractivity contribution >= 4 is 5.91 Å². The molecular formula is C17H24N2O. The first-order valence-electron chi connectivity index (χ1n) is 7.75. The molecule has 0 aromatic heterocycles. The maximum absolute atomic E-state index is 12.5. The Balaban J connectivity index is 1.62. The quantitative estimate of drug-likeness (QED) is 0.888. The summed E-state index contributed by atoms with van der Waals surface area (Å²) in [6.45, 7) is 5.15. The number of amides is 1. The molecule has 1 saturated carbocycles. The van der Waals surface area contributed by atoms with E-state index in [-0.39, 0.29) is 18.0 Å². The van der Waals surface area contributed by atoms with Crippen molar-refractivity contribution in [1.82, 2.24) is 10.6 Å². The molecule has 4 unspecified atom stereocenters. The second-order valence-corrected chi connectivity index (χ2v) is 6.38. The van der Waals surface area contributed by atoms with Gasteiger partial charge < -0.3 is 10.6 Å². The van der Waals surface area contributed by atoms with E-state index in [9.17, 15) is 4.79 Å². The minimum atomic E-state index is 0.0235. The Hall–Kier alpha value is -1.35. The van der Waals surface area contributed by atoms with Crippen molar-refractivity contribution in [3.8, 4) is 0 Å². The standard InChI is InChI=1S/C17H24N2O/c1-11-6-8-13(9-7-11)12(2)19-17(20)16-15-5-3-4-14(15)10-18-16/h6-9,12,14-16,18H,3-5,10H2,1-2H3,(H,19,20). The summed E-state index contributed by atoms with van der Waals surface area (Å²) in [5.74, 6) is 1.45. The smallest absolute Gasteiger partial charge is 0.237 e. The first-order valence-corrected chi connectivity index (χ1v) is 7.75. The van der Waals surface area contributed by atoms with E-state index in [1.165, 1.54) is 30.4 Å². The number of benzene rings is 1. The zero-order chi connectivity index (χ0) is 14.1. The molecule has 20 heavy (non-hydrogen) atoms. The fourth-order valence-electron chi connectivity index (χ4n) is 3.72. The van der Waals surface area contributed by atoms with Gasteiger partial charge in [-0.3, -0.25) is 4.79 Å². The summed E-state index contributed by atoms with van der Waals surface area (Å²) in [6.07, 6.45) is 3.78. The monoisotopic (exact) mass is 272 g/mol. The Morgan fingerprint density at radius 3 is 2.80 bits per heavy atom. The lowest BCUT2D eigenvalue weighted by Crippen LogP contribution is -2.44. The molecule has 2 fully saturated rings. The molecular weight excluding hydrogens is 248 g/mol. The highest BCUT2D eigenvalue weighted by Crippen LogP contribution is 2.37. The molecule has 2 aliphatic rings. The van der Waals surface area contributed by atoms with Crippen LogP contribution in [0.3, 0.4) is 0 Å². The van der Waals surface area contributed by atoms with Crippen LogP contribution in [0, 0.1) is 18.8 Å². The van der Waals surface area contributed by atoms with Gasteiger partial charge in [0.15, 0.2) is 0 Å². The third-order valence-corrected chi connectivity index (χ3v) is 4.96. The molecule has 108 valence electrons. The van der Waals surface area contributed by atoms with E-state index in [1.54, 1.807) is 0 Å². The number of carbonyl (C=O) groups is 1. The summed E-state index contributed by atoms with van der Waals surface area (Å²) in [6, 6.07) is 8.49. The van der Waals surface area contributed by atoms with Crippen LogP contribution in [0.1, 0.15) is 43.4 Å². The maximum atomic E-state index is 12.5. The molecule has 1 saturated heterocycles. The van der Waals surface area contributed by atoms with Crippen LogP contribution in [0.5, 0.6) is 0 Å². The fourth-order valence-corrected chi connectivity index (χ4v) is 3.72. The van der Waals surface area contributed by atoms with Gasteiger partial charge in [0.2, 0.25) is 5.91 Å². The number of carbonyl (C=O) groups excluding carboxylic acids is 1. The molecule has 1 aromatic rings. The molecule has 1 heterocycles. The number of hydrogen-bond acceptors (Lipinski definition) is 2. The molecule has 4 atom stereocenters. The van der Waals surface area contributed by atoms with Gasteiger partial charge in [0.05, 0.1) is 12.1 Å². The highest BCUT2D eigenvalue weighted by Gasteiger charge is 2.42. The van der Waals surface area contributed by atoms with Crippen LogP contribution in [0.15, 0.2) is 24.3 Å². The summed E-state index contributed by atoms with van der Waals surface area (Å²) in [4.78, 5) is 12.5. The first-order chi connectivity index (χ1) is 9.65. The van der Waals surface area contributed by atoms with E-state index < -0.39 is 0 Å². The lowest BCUT2D eigenvalue weighted by Gasteiger charge is -2.21. The summed E-state index contributed by atoms with van der Waals surface area (Å²) in [7, 11) is 0. The number of aryl methyl sites for hydroxylation is 1. The molecule has 2 N–H and O–H groups in total. The van der Waals surface area contributed by atoms with Gasteiger partial charge in [-0.1, -0.05) is 36.2 Å². The van der Waals surface area contributed by atoms with Crippen molar-refractivity contribution in [2.75, 3.05) is 6.54 Å². The van der Waals surface area contributed by atoms with E-state index in [0.717, 1.165) is 12.5 Å². The average molecular weight is 272 g/mol. The molecule has 0 radical (unpaired) electrons. The minimum absolute atomic E-state index is 0.0235. The van der Waals surface area contributed by atoms with E-state index in [2.05, 4.69) is 48.7 Å². The molecule has 1 aromatic carbocycles. The molecule has 0 spiro atoms. The summed E-state index contributed by atoms with van der Waals surface area (Å²) in [5, 5.41) is 6.58.